The van der Waals surface area contributed by atoms with E-state index in [2.05, 4.69) is 21.1 Å². The molecule has 0 fully saturated rings. The minimum absolute atomic E-state index is 0.281. The Bertz CT molecular complexity index is 46.5. The molecule has 0 bridgehead atoms. The molecule has 0 radical (unpaired) electrons. The van der Waals surface area contributed by atoms with Crippen molar-refractivity contribution in [2.45, 2.75) is 0 Å². The van der Waals surface area contributed by atoms with Gasteiger partial charge in [-0.2, -0.15) is 0 Å². The molecule has 2 nitrogen and oxygen atoms in total. The zero-order valence-corrected chi connectivity index (χ0v) is 5.31. The first-order chi connectivity index (χ1) is 3.06. The molecule has 0 amide bonds. The SMILES string of the molecule is C[N+](C)([11CH3])CCO. The Morgan fingerprint density at radius 1 is 1.29 bits per heavy atom. The Hall–Kier alpha value is -0.0800. The van der Waals surface area contributed by atoms with Crippen molar-refractivity contribution in [1.82, 2.24) is 0 Å². The van der Waals surface area contributed by atoms with E-state index in [-0.39, 0.29) is 6.61 Å². The summed E-state index contributed by atoms with van der Waals surface area (Å²) >= 11 is 0. The molecule has 0 saturated heterocycles. The van der Waals surface area contributed by atoms with E-state index in [4.69, 9.17) is 5.11 Å². The lowest BCUT2D eigenvalue weighted by Crippen LogP contribution is -2.36. The maximum absolute atomic E-state index is 8.39. The minimum atomic E-state index is 0.281. The van der Waals surface area contributed by atoms with E-state index in [1.54, 1.807) is 0 Å². The van der Waals surface area contributed by atoms with E-state index in [0.29, 0.717) is 0 Å². The maximum atomic E-state index is 8.39. The summed E-state index contributed by atoms with van der Waals surface area (Å²) in [6.07, 6.45) is 0. The van der Waals surface area contributed by atoms with Gasteiger partial charge >= 0.3 is 0 Å². The van der Waals surface area contributed by atoms with Gasteiger partial charge in [0.25, 0.3) is 0 Å². The summed E-state index contributed by atoms with van der Waals surface area (Å²) in [5, 5.41) is 8.39. The number of aliphatic hydroxyl groups excluding tert-OH is 1. The number of aliphatic hydroxyl groups is 1. The Morgan fingerprint density at radius 3 is 1.71 bits per heavy atom. The normalized spacial score (nSPS) is 12.0. The molecular formula is C5H14NO+. The Kier molecular flexibility index (Phi) is 2.26. The van der Waals surface area contributed by atoms with Crippen molar-refractivity contribution < 1.29 is 9.59 Å². The van der Waals surface area contributed by atoms with E-state index >= 15 is 0 Å². The lowest BCUT2D eigenvalue weighted by atomic mass is 10.3. The molecule has 0 aliphatic rings. The molecule has 0 unspecified atom stereocenters. The third-order valence-electron chi connectivity index (χ3n) is 0.771. The van der Waals surface area contributed by atoms with Gasteiger partial charge in [0.15, 0.2) is 0 Å². The summed E-state index contributed by atoms with van der Waals surface area (Å²) < 4.78 is 0.844. The molecule has 0 aromatic carbocycles. The second-order valence-electron chi connectivity index (χ2n) is 2.74. The molecule has 0 aromatic heterocycles. The van der Waals surface area contributed by atoms with Crippen LogP contribution in [0, 0.1) is 0 Å². The largest absolute Gasteiger partial charge is 0.391 e. The maximum Gasteiger partial charge on any atom is 0.101 e. The van der Waals surface area contributed by atoms with Gasteiger partial charge in [-0.15, -0.1) is 0 Å². The first kappa shape index (κ1) is 6.92. The van der Waals surface area contributed by atoms with Crippen LogP contribution in [0.15, 0.2) is 0 Å². The molecule has 0 atom stereocenters. The highest BCUT2D eigenvalue weighted by molar-refractivity contribution is 4.19. The smallest absolute Gasteiger partial charge is 0.101 e. The summed E-state index contributed by atoms with van der Waals surface area (Å²) in [5.41, 5.74) is 0. The summed E-state index contributed by atoms with van der Waals surface area (Å²) in [5.74, 6) is 0. The number of rotatable bonds is 2. The molecule has 0 heterocycles. The van der Waals surface area contributed by atoms with Crippen LogP contribution in [-0.2, 0) is 0 Å². The number of quaternary nitrogens is 1. The standard InChI is InChI=1S/C5H14NO/c1-6(2,3)4-5-7/h7H,4-5H2,1-3H3/q+1/i1-1. The zero-order valence-electron chi connectivity index (χ0n) is 5.31. The van der Waals surface area contributed by atoms with Crippen LogP contribution in [0.5, 0.6) is 0 Å². The third kappa shape index (κ3) is 5.92. The van der Waals surface area contributed by atoms with E-state index < -0.39 is 0 Å². The van der Waals surface area contributed by atoms with E-state index in [9.17, 15) is 0 Å². The Morgan fingerprint density at radius 2 is 1.71 bits per heavy atom. The molecule has 0 spiro atoms. The highest BCUT2D eigenvalue weighted by Crippen LogP contribution is 1.84. The monoisotopic (exact) mass is 103 g/mol. The summed E-state index contributed by atoms with van der Waals surface area (Å²) in [7, 11) is 6.16. The van der Waals surface area contributed by atoms with E-state index in [0.717, 1.165) is 11.0 Å². The van der Waals surface area contributed by atoms with E-state index in [1.165, 1.54) is 0 Å². The van der Waals surface area contributed by atoms with Gasteiger partial charge in [0.1, 0.15) is 6.54 Å². The van der Waals surface area contributed by atoms with Crippen LogP contribution in [-0.4, -0.2) is 43.9 Å². The first-order valence-corrected chi connectivity index (χ1v) is 2.47. The fraction of sp³-hybridized carbons (Fsp3) is 1.00. The average Bonchev–Trinajstić information content (AvgIpc) is 1.30. The molecule has 0 aliphatic heterocycles. The second kappa shape index (κ2) is 2.28. The highest BCUT2D eigenvalue weighted by Gasteiger charge is 2.02. The van der Waals surface area contributed by atoms with Gasteiger partial charge in [0.05, 0.1) is 27.7 Å². The molecule has 2 heteroatoms. The lowest BCUT2D eigenvalue weighted by Gasteiger charge is -2.21. The van der Waals surface area contributed by atoms with Crippen molar-refractivity contribution in [3.63, 3.8) is 0 Å². The summed E-state index contributed by atoms with van der Waals surface area (Å²) in [6, 6.07) is 0. The van der Waals surface area contributed by atoms with Crippen molar-refractivity contribution in [3.8, 4) is 0 Å². The van der Waals surface area contributed by atoms with Crippen molar-refractivity contribution in [1.29, 1.82) is 0 Å². The Balaban J connectivity index is 3.15. The number of likely N-dealkylation sites (N-methyl/N-ethyl adjacent to an activating group) is 1. The third-order valence-corrected chi connectivity index (χ3v) is 0.771. The van der Waals surface area contributed by atoms with Crippen LogP contribution in [0.1, 0.15) is 0 Å². The number of nitrogens with zero attached hydrogens (tertiary/aromatic N) is 1. The van der Waals surface area contributed by atoms with Gasteiger partial charge in [0, 0.05) is 0 Å². The van der Waals surface area contributed by atoms with Gasteiger partial charge in [-0.05, 0) is 0 Å². The fourth-order valence-corrected chi connectivity index (χ4v) is 0.300. The fourth-order valence-electron chi connectivity index (χ4n) is 0.300. The molecule has 0 aromatic rings. The van der Waals surface area contributed by atoms with Crippen molar-refractivity contribution in [3.05, 3.63) is 0 Å². The molecule has 1 N–H and O–H groups in total. The minimum Gasteiger partial charge on any atom is -0.391 e. The van der Waals surface area contributed by atoms with Crippen LogP contribution in [0.25, 0.3) is 0 Å². The first-order valence-electron chi connectivity index (χ1n) is 2.47. The molecular weight excluding hydrogens is 89.1 g/mol. The molecule has 44 valence electrons. The van der Waals surface area contributed by atoms with Crippen molar-refractivity contribution in [2.75, 3.05) is 34.3 Å². The molecule has 0 aliphatic carbocycles. The average molecular weight is 103 g/mol. The van der Waals surface area contributed by atoms with Crippen molar-refractivity contribution in [2.24, 2.45) is 0 Å². The predicted molar refractivity (Wildman–Crippen MR) is 30.0 cm³/mol. The topological polar surface area (TPSA) is 20.2 Å². The van der Waals surface area contributed by atoms with Gasteiger partial charge in [-0.3, -0.25) is 0 Å². The molecule has 7 heavy (non-hydrogen) atoms. The van der Waals surface area contributed by atoms with Gasteiger partial charge in [-0.1, -0.05) is 0 Å². The van der Waals surface area contributed by atoms with Gasteiger partial charge < -0.3 is 9.59 Å². The number of hydrogen-bond acceptors (Lipinski definition) is 1. The number of hydrogen-bond donors (Lipinski definition) is 1. The van der Waals surface area contributed by atoms with Crippen LogP contribution in [0.4, 0.5) is 0 Å². The van der Waals surface area contributed by atoms with Crippen molar-refractivity contribution >= 4 is 0 Å². The van der Waals surface area contributed by atoms with Crippen LogP contribution in [0.2, 0.25) is 0 Å². The van der Waals surface area contributed by atoms with Crippen LogP contribution in [0.3, 0.4) is 0 Å². The second-order valence-corrected chi connectivity index (χ2v) is 2.74. The van der Waals surface area contributed by atoms with Crippen LogP contribution >= 0.6 is 0 Å². The molecule has 0 saturated carbocycles. The highest BCUT2D eigenvalue weighted by atomic mass is 16.3. The molecule has 0 rings (SSSR count). The van der Waals surface area contributed by atoms with Gasteiger partial charge in [0.2, 0.25) is 0 Å². The summed E-state index contributed by atoms with van der Waals surface area (Å²) in [4.78, 5) is 0. The quantitative estimate of drug-likeness (QED) is 0.475. The zero-order chi connectivity index (χ0) is 5.91. The Labute approximate surface area is 45.0 Å². The van der Waals surface area contributed by atoms with Crippen LogP contribution < -0.4 is 0 Å². The predicted octanol–water partition coefficient (Wildman–Crippen LogP) is -0.315. The van der Waals surface area contributed by atoms with Gasteiger partial charge in [-0.25, -0.2) is 0 Å². The van der Waals surface area contributed by atoms with E-state index in [1.807, 2.05) is 0 Å². The summed E-state index contributed by atoms with van der Waals surface area (Å²) in [6.45, 7) is 1.11. The lowest BCUT2D eigenvalue weighted by molar-refractivity contribution is -0.870.